The number of hydrogen-bond acceptors (Lipinski definition) is 6. The Balaban J connectivity index is 1.98. The molecule has 0 bridgehead atoms. The standard InChI is InChI=1S/C21H30N6O3/c1-7-16-13-25(14(2)12-26(16)20(29)30-21(3,4)5)18-11-19(28)24(6)17-10-15(8-9-22)23-27(17)18/h10-11,14,16H,7-8,12-13H2,1-6H3/t14-,16+/m0/s1. The van der Waals surface area contributed by atoms with Crippen molar-refractivity contribution < 1.29 is 9.53 Å². The molecular weight excluding hydrogens is 384 g/mol. The number of aromatic nitrogens is 3. The van der Waals surface area contributed by atoms with Crippen LogP contribution in [0.25, 0.3) is 5.65 Å². The predicted octanol–water partition coefficient (Wildman–Crippen LogP) is 2.32. The molecule has 1 fully saturated rings. The average molecular weight is 415 g/mol. The lowest BCUT2D eigenvalue weighted by Crippen LogP contribution is -2.60. The highest BCUT2D eigenvalue weighted by Gasteiger charge is 2.37. The minimum Gasteiger partial charge on any atom is -0.444 e. The minimum atomic E-state index is -0.556. The number of carbonyl (C=O) groups excluding carboxylic acids is 1. The maximum absolute atomic E-state index is 12.7. The first-order valence-corrected chi connectivity index (χ1v) is 10.3. The lowest BCUT2D eigenvalue weighted by molar-refractivity contribution is 0.0105. The second-order valence-corrected chi connectivity index (χ2v) is 8.84. The number of aryl methyl sites for hydroxylation is 1. The third-order valence-electron chi connectivity index (χ3n) is 5.38. The first-order valence-electron chi connectivity index (χ1n) is 10.3. The van der Waals surface area contributed by atoms with Gasteiger partial charge in [0.2, 0.25) is 0 Å². The molecule has 0 aliphatic carbocycles. The average Bonchev–Trinajstić information content (AvgIpc) is 3.08. The van der Waals surface area contributed by atoms with Gasteiger partial charge in [-0.15, -0.1) is 0 Å². The Kier molecular flexibility index (Phi) is 5.79. The fourth-order valence-corrected chi connectivity index (χ4v) is 3.83. The molecule has 30 heavy (non-hydrogen) atoms. The van der Waals surface area contributed by atoms with Crippen LogP contribution in [0.2, 0.25) is 0 Å². The zero-order valence-corrected chi connectivity index (χ0v) is 18.5. The fourth-order valence-electron chi connectivity index (χ4n) is 3.83. The maximum Gasteiger partial charge on any atom is 0.410 e. The van der Waals surface area contributed by atoms with Gasteiger partial charge >= 0.3 is 6.09 Å². The Bertz CT molecular complexity index is 1040. The van der Waals surface area contributed by atoms with Crippen LogP contribution in [-0.2, 0) is 18.2 Å². The van der Waals surface area contributed by atoms with Gasteiger partial charge in [-0.05, 0) is 34.1 Å². The van der Waals surface area contributed by atoms with E-state index in [1.54, 1.807) is 28.6 Å². The topological polar surface area (TPSA) is 95.9 Å². The molecule has 1 aliphatic rings. The van der Waals surface area contributed by atoms with Crippen LogP contribution in [0.5, 0.6) is 0 Å². The van der Waals surface area contributed by atoms with E-state index >= 15 is 0 Å². The highest BCUT2D eigenvalue weighted by atomic mass is 16.6. The van der Waals surface area contributed by atoms with E-state index in [4.69, 9.17) is 10.00 Å². The van der Waals surface area contributed by atoms with E-state index in [0.29, 0.717) is 30.2 Å². The van der Waals surface area contributed by atoms with Crippen molar-refractivity contribution >= 4 is 17.6 Å². The number of ether oxygens (including phenoxy) is 1. The van der Waals surface area contributed by atoms with E-state index in [1.165, 1.54) is 4.57 Å². The van der Waals surface area contributed by atoms with Crippen LogP contribution in [0.4, 0.5) is 10.6 Å². The summed E-state index contributed by atoms with van der Waals surface area (Å²) < 4.78 is 8.85. The van der Waals surface area contributed by atoms with Crippen molar-refractivity contribution in [2.45, 2.75) is 65.1 Å². The highest BCUT2D eigenvalue weighted by Crippen LogP contribution is 2.26. The van der Waals surface area contributed by atoms with Gasteiger partial charge < -0.3 is 14.5 Å². The molecule has 3 heterocycles. The molecule has 0 radical (unpaired) electrons. The van der Waals surface area contributed by atoms with Crippen molar-refractivity contribution in [1.29, 1.82) is 5.26 Å². The molecule has 0 saturated carbocycles. The predicted molar refractivity (Wildman–Crippen MR) is 114 cm³/mol. The van der Waals surface area contributed by atoms with Crippen LogP contribution in [-0.4, -0.2) is 55.9 Å². The quantitative estimate of drug-likeness (QED) is 0.765. The lowest BCUT2D eigenvalue weighted by Gasteiger charge is -2.46. The summed E-state index contributed by atoms with van der Waals surface area (Å²) in [5.74, 6) is 0.673. The van der Waals surface area contributed by atoms with Gasteiger partial charge in [0.15, 0.2) is 0 Å². The monoisotopic (exact) mass is 414 g/mol. The maximum atomic E-state index is 12.7. The minimum absolute atomic E-state index is 0.0424. The summed E-state index contributed by atoms with van der Waals surface area (Å²) in [5, 5.41) is 13.6. The molecular formula is C21H30N6O3. The normalized spacial score (nSPS) is 19.8. The van der Waals surface area contributed by atoms with Crippen molar-refractivity contribution in [3.63, 3.8) is 0 Å². The van der Waals surface area contributed by atoms with Gasteiger partial charge in [-0.1, -0.05) is 6.92 Å². The Labute approximate surface area is 176 Å². The van der Waals surface area contributed by atoms with Gasteiger partial charge in [0.1, 0.15) is 17.1 Å². The molecule has 1 amide bonds. The van der Waals surface area contributed by atoms with E-state index in [1.807, 2.05) is 34.6 Å². The Morgan fingerprint density at radius 3 is 2.63 bits per heavy atom. The molecule has 0 unspecified atom stereocenters. The summed E-state index contributed by atoms with van der Waals surface area (Å²) in [5.41, 5.74) is 0.556. The van der Waals surface area contributed by atoms with Crippen molar-refractivity contribution in [2.24, 2.45) is 7.05 Å². The number of anilines is 1. The molecule has 0 spiro atoms. The molecule has 1 saturated heterocycles. The Hall–Kier alpha value is -3.02. The molecule has 9 heteroatoms. The van der Waals surface area contributed by atoms with Crippen molar-refractivity contribution in [2.75, 3.05) is 18.0 Å². The SMILES string of the molecule is CC[C@@H]1CN(c2cc(=O)n(C)c3cc(CC#N)nn23)[C@@H](C)CN1C(=O)OC(C)(C)C. The largest absolute Gasteiger partial charge is 0.444 e. The Morgan fingerprint density at radius 1 is 1.33 bits per heavy atom. The smallest absolute Gasteiger partial charge is 0.410 e. The number of rotatable bonds is 3. The van der Waals surface area contributed by atoms with Crippen molar-refractivity contribution in [3.8, 4) is 6.07 Å². The number of piperazine rings is 1. The van der Waals surface area contributed by atoms with Crippen LogP contribution in [0.15, 0.2) is 16.9 Å². The van der Waals surface area contributed by atoms with E-state index in [9.17, 15) is 9.59 Å². The lowest BCUT2D eigenvalue weighted by atomic mass is 10.1. The highest BCUT2D eigenvalue weighted by molar-refractivity contribution is 5.69. The van der Waals surface area contributed by atoms with Crippen LogP contribution >= 0.6 is 0 Å². The number of nitrogens with zero attached hydrogens (tertiary/aromatic N) is 6. The molecule has 2 aromatic rings. The first kappa shape index (κ1) is 21.7. The van der Waals surface area contributed by atoms with Crippen LogP contribution in [0.3, 0.4) is 0 Å². The number of hydrogen-bond donors (Lipinski definition) is 0. The van der Waals surface area contributed by atoms with Crippen molar-refractivity contribution in [3.05, 3.63) is 28.2 Å². The third-order valence-corrected chi connectivity index (χ3v) is 5.38. The second-order valence-electron chi connectivity index (χ2n) is 8.84. The summed E-state index contributed by atoms with van der Waals surface area (Å²) in [6.07, 6.45) is 0.620. The van der Waals surface area contributed by atoms with Crippen molar-refractivity contribution in [1.82, 2.24) is 19.1 Å². The van der Waals surface area contributed by atoms with Gasteiger partial charge in [0.25, 0.3) is 5.56 Å². The zero-order chi connectivity index (χ0) is 22.2. The fraction of sp³-hybridized carbons (Fsp3) is 0.619. The van der Waals surface area contributed by atoms with E-state index < -0.39 is 5.60 Å². The van der Waals surface area contributed by atoms with Gasteiger partial charge in [0.05, 0.1) is 24.2 Å². The first-order chi connectivity index (χ1) is 14.1. The number of amides is 1. The third kappa shape index (κ3) is 4.13. The van der Waals surface area contributed by atoms with Gasteiger partial charge in [0, 0.05) is 38.3 Å². The molecule has 9 nitrogen and oxygen atoms in total. The summed E-state index contributed by atoms with van der Waals surface area (Å²) in [6, 6.07) is 5.35. The van der Waals surface area contributed by atoms with E-state index in [-0.39, 0.29) is 30.2 Å². The van der Waals surface area contributed by atoms with Gasteiger partial charge in [-0.3, -0.25) is 9.36 Å². The Morgan fingerprint density at radius 2 is 2.03 bits per heavy atom. The van der Waals surface area contributed by atoms with Gasteiger partial charge in [-0.2, -0.15) is 10.4 Å². The molecule has 2 aromatic heterocycles. The molecule has 162 valence electrons. The molecule has 2 atom stereocenters. The summed E-state index contributed by atoms with van der Waals surface area (Å²) >= 11 is 0. The second kappa shape index (κ2) is 8.01. The summed E-state index contributed by atoms with van der Waals surface area (Å²) in [7, 11) is 1.69. The van der Waals surface area contributed by atoms with Crippen LogP contribution in [0.1, 0.15) is 46.7 Å². The number of fused-ring (bicyclic) bond motifs is 1. The van der Waals surface area contributed by atoms with E-state index in [0.717, 1.165) is 6.42 Å². The van der Waals surface area contributed by atoms with Gasteiger partial charge in [-0.25, -0.2) is 9.31 Å². The molecule has 0 N–H and O–H groups in total. The van der Waals surface area contributed by atoms with Crippen LogP contribution < -0.4 is 10.5 Å². The van der Waals surface area contributed by atoms with E-state index in [2.05, 4.69) is 16.1 Å². The summed E-state index contributed by atoms with van der Waals surface area (Å²) in [6.45, 7) is 10.7. The molecule has 1 aliphatic heterocycles. The van der Waals surface area contributed by atoms with Crippen LogP contribution in [0, 0.1) is 11.3 Å². The molecule has 0 aromatic carbocycles. The summed E-state index contributed by atoms with van der Waals surface area (Å²) in [4.78, 5) is 29.2. The zero-order valence-electron chi connectivity index (χ0n) is 18.5. The number of nitriles is 1. The molecule has 3 rings (SSSR count). The number of carbonyl (C=O) groups is 1.